The molecule has 0 saturated carbocycles. The molecule has 28 heavy (non-hydrogen) atoms. The predicted molar refractivity (Wildman–Crippen MR) is 96.0 cm³/mol. The van der Waals surface area contributed by atoms with Gasteiger partial charge in [-0.2, -0.15) is 13.2 Å². The molecule has 8 heteroatoms. The Bertz CT molecular complexity index is 967. The minimum atomic E-state index is -4.46. The van der Waals surface area contributed by atoms with Crippen molar-refractivity contribution >= 4 is 5.91 Å². The summed E-state index contributed by atoms with van der Waals surface area (Å²) in [5.74, 6) is 0.347. The van der Waals surface area contributed by atoms with Crippen molar-refractivity contribution in [2.45, 2.75) is 12.6 Å². The zero-order valence-corrected chi connectivity index (χ0v) is 14.9. The van der Waals surface area contributed by atoms with E-state index in [1.165, 1.54) is 18.2 Å². The number of hydrogen-bond acceptors (Lipinski definition) is 4. The minimum absolute atomic E-state index is 0.00180. The largest absolute Gasteiger partial charge is 0.497 e. The molecular weight excluding hydrogens is 373 g/mol. The van der Waals surface area contributed by atoms with Gasteiger partial charge in [-0.05, 0) is 36.2 Å². The lowest BCUT2D eigenvalue weighted by atomic mass is 10.1. The number of hydrogen-bond donors (Lipinski definition) is 1. The number of carbonyl (C=O) groups is 1. The Morgan fingerprint density at radius 1 is 1.14 bits per heavy atom. The lowest BCUT2D eigenvalue weighted by molar-refractivity contribution is -0.137. The molecule has 0 spiro atoms. The van der Waals surface area contributed by atoms with Crippen LogP contribution in [0.3, 0.4) is 0 Å². The molecular formula is C20H17F3N2O3. The maximum Gasteiger partial charge on any atom is 0.416 e. The summed E-state index contributed by atoms with van der Waals surface area (Å²) in [5.41, 5.74) is 0.381. The van der Waals surface area contributed by atoms with Gasteiger partial charge in [-0.1, -0.05) is 29.4 Å². The average molecular weight is 390 g/mol. The van der Waals surface area contributed by atoms with Gasteiger partial charge >= 0.3 is 6.18 Å². The van der Waals surface area contributed by atoms with Crippen LogP contribution >= 0.6 is 0 Å². The Hall–Kier alpha value is -3.29. The Morgan fingerprint density at radius 2 is 1.93 bits per heavy atom. The summed E-state index contributed by atoms with van der Waals surface area (Å²) in [7, 11) is 1.58. The molecule has 1 heterocycles. The molecule has 0 unspecified atom stereocenters. The number of benzene rings is 2. The first-order chi connectivity index (χ1) is 13.4. The lowest BCUT2D eigenvalue weighted by Crippen LogP contribution is -2.25. The van der Waals surface area contributed by atoms with Gasteiger partial charge < -0.3 is 14.6 Å². The zero-order chi connectivity index (χ0) is 20.1. The fraction of sp³-hybridized carbons (Fsp3) is 0.200. The number of aromatic nitrogens is 1. The first kappa shape index (κ1) is 19.5. The zero-order valence-electron chi connectivity index (χ0n) is 14.9. The number of alkyl halides is 3. The fourth-order valence-electron chi connectivity index (χ4n) is 2.61. The maximum atomic E-state index is 12.8. The Kier molecular flexibility index (Phi) is 5.67. The number of rotatable bonds is 6. The summed E-state index contributed by atoms with van der Waals surface area (Å²) in [4.78, 5) is 12.2. The third-order valence-electron chi connectivity index (χ3n) is 4.05. The molecule has 0 aliphatic heterocycles. The van der Waals surface area contributed by atoms with Gasteiger partial charge in [0.2, 0.25) is 0 Å². The molecule has 3 aromatic rings. The van der Waals surface area contributed by atoms with Gasteiger partial charge in [0.1, 0.15) is 5.75 Å². The van der Waals surface area contributed by atoms with E-state index >= 15 is 0 Å². The summed E-state index contributed by atoms with van der Waals surface area (Å²) >= 11 is 0. The highest BCUT2D eigenvalue weighted by atomic mass is 19.4. The summed E-state index contributed by atoms with van der Waals surface area (Å²) in [6.07, 6.45) is -3.88. The Labute approximate surface area is 159 Å². The molecule has 0 aliphatic rings. The minimum Gasteiger partial charge on any atom is -0.497 e. The van der Waals surface area contributed by atoms with Crippen LogP contribution < -0.4 is 10.1 Å². The molecule has 0 aliphatic carbocycles. The monoisotopic (exact) mass is 390 g/mol. The van der Waals surface area contributed by atoms with Gasteiger partial charge in [0.05, 0.1) is 12.7 Å². The molecule has 3 rings (SSSR count). The Balaban J connectivity index is 1.62. The molecule has 0 bridgehead atoms. The SMILES string of the molecule is COc1cccc(CCNC(=O)c2cc(-c3cccc(C(F)(F)F)c3)on2)c1. The van der Waals surface area contributed by atoms with Crippen LogP contribution in [0.1, 0.15) is 21.6 Å². The van der Waals surface area contributed by atoms with Gasteiger partial charge in [-0.25, -0.2) is 0 Å². The molecule has 1 N–H and O–H groups in total. The third-order valence-corrected chi connectivity index (χ3v) is 4.05. The normalized spacial score (nSPS) is 11.3. The van der Waals surface area contributed by atoms with Crippen molar-refractivity contribution in [2.75, 3.05) is 13.7 Å². The average Bonchev–Trinajstić information content (AvgIpc) is 3.18. The standard InChI is InChI=1S/C20H17F3N2O3/c1-27-16-7-2-4-13(10-16)8-9-24-19(26)17-12-18(28-25-17)14-5-3-6-15(11-14)20(21,22)23/h2-7,10-12H,8-9H2,1H3,(H,24,26). The van der Waals surface area contributed by atoms with Gasteiger partial charge in [0.25, 0.3) is 5.91 Å². The van der Waals surface area contributed by atoms with Crippen LogP contribution in [0.15, 0.2) is 59.1 Å². The van der Waals surface area contributed by atoms with Crippen LogP contribution in [0.25, 0.3) is 11.3 Å². The van der Waals surface area contributed by atoms with E-state index in [1.54, 1.807) is 7.11 Å². The highest BCUT2D eigenvalue weighted by Gasteiger charge is 2.30. The number of methoxy groups -OCH3 is 1. The topological polar surface area (TPSA) is 64.4 Å². The van der Waals surface area contributed by atoms with E-state index in [-0.39, 0.29) is 17.0 Å². The van der Waals surface area contributed by atoms with Crippen molar-refractivity contribution in [1.29, 1.82) is 0 Å². The van der Waals surface area contributed by atoms with Crippen molar-refractivity contribution in [1.82, 2.24) is 10.5 Å². The molecule has 1 aromatic heterocycles. The highest BCUT2D eigenvalue weighted by molar-refractivity contribution is 5.93. The first-order valence-corrected chi connectivity index (χ1v) is 8.42. The maximum absolute atomic E-state index is 12.8. The van der Waals surface area contributed by atoms with Crippen molar-refractivity contribution in [3.8, 4) is 17.1 Å². The lowest BCUT2D eigenvalue weighted by Gasteiger charge is -2.06. The molecule has 1 amide bonds. The van der Waals surface area contributed by atoms with E-state index in [0.717, 1.165) is 23.4 Å². The van der Waals surface area contributed by atoms with Crippen molar-refractivity contribution in [3.63, 3.8) is 0 Å². The fourth-order valence-corrected chi connectivity index (χ4v) is 2.61. The van der Waals surface area contributed by atoms with E-state index in [1.807, 2.05) is 24.3 Å². The number of nitrogens with zero attached hydrogens (tertiary/aromatic N) is 1. The molecule has 0 radical (unpaired) electrons. The van der Waals surface area contributed by atoms with Crippen LogP contribution in [0.2, 0.25) is 0 Å². The van der Waals surface area contributed by atoms with Crippen LogP contribution in [-0.4, -0.2) is 24.7 Å². The second kappa shape index (κ2) is 8.16. The van der Waals surface area contributed by atoms with Crippen molar-refractivity contribution < 1.29 is 27.2 Å². The van der Waals surface area contributed by atoms with Crippen LogP contribution in [0.4, 0.5) is 13.2 Å². The molecule has 5 nitrogen and oxygen atoms in total. The molecule has 146 valence electrons. The number of nitrogens with one attached hydrogen (secondary N) is 1. The van der Waals surface area contributed by atoms with E-state index in [0.29, 0.717) is 13.0 Å². The van der Waals surface area contributed by atoms with E-state index in [2.05, 4.69) is 10.5 Å². The van der Waals surface area contributed by atoms with Gasteiger partial charge in [0, 0.05) is 18.2 Å². The van der Waals surface area contributed by atoms with Crippen LogP contribution in [-0.2, 0) is 12.6 Å². The summed E-state index contributed by atoms with van der Waals surface area (Å²) in [6.45, 7) is 0.359. The second-order valence-electron chi connectivity index (χ2n) is 6.01. The molecule has 0 fully saturated rings. The molecule has 0 saturated heterocycles. The van der Waals surface area contributed by atoms with Crippen LogP contribution in [0.5, 0.6) is 5.75 Å². The predicted octanol–water partition coefficient (Wildman–Crippen LogP) is 4.34. The van der Waals surface area contributed by atoms with Gasteiger partial charge in [0.15, 0.2) is 11.5 Å². The molecule has 0 atom stereocenters. The number of carbonyl (C=O) groups excluding carboxylic acids is 1. The quantitative estimate of drug-likeness (QED) is 0.680. The smallest absolute Gasteiger partial charge is 0.416 e. The second-order valence-corrected chi connectivity index (χ2v) is 6.01. The van der Waals surface area contributed by atoms with Gasteiger partial charge in [-0.3, -0.25) is 4.79 Å². The summed E-state index contributed by atoms with van der Waals surface area (Å²) in [6, 6.07) is 13.4. The third kappa shape index (κ3) is 4.70. The number of halogens is 3. The van der Waals surface area contributed by atoms with Crippen LogP contribution in [0, 0.1) is 0 Å². The van der Waals surface area contributed by atoms with Crippen molar-refractivity contribution in [3.05, 3.63) is 71.4 Å². The molecule has 2 aromatic carbocycles. The van der Waals surface area contributed by atoms with E-state index < -0.39 is 17.6 Å². The summed E-state index contributed by atoms with van der Waals surface area (Å²) in [5, 5.41) is 6.35. The first-order valence-electron chi connectivity index (χ1n) is 8.42. The number of ether oxygens (including phenoxy) is 1. The van der Waals surface area contributed by atoms with Crippen molar-refractivity contribution in [2.24, 2.45) is 0 Å². The van der Waals surface area contributed by atoms with E-state index in [9.17, 15) is 18.0 Å². The van der Waals surface area contributed by atoms with E-state index in [4.69, 9.17) is 9.26 Å². The summed E-state index contributed by atoms with van der Waals surface area (Å²) < 4.78 is 48.7. The highest BCUT2D eigenvalue weighted by Crippen LogP contribution is 2.32. The van der Waals surface area contributed by atoms with Gasteiger partial charge in [-0.15, -0.1) is 0 Å². The Morgan fingerprint density at radius 3 is 2.68 bits per heavy atom. The number of amides is 1.